The minimum atomic E-state index is -3.28. The molecular weight excluding hydrogens is 319 g/mol. The topological polar surface area (TPSA) is 67.4 Å². The Morgan fingerprint density at radius 2 is 2.29 bits per heavy atom. The zero-order valence-corrected chi connectivity index (χ0v) is 13.2. The monoisotopic (exact) mass is 336 g/mol. The summed E-state index contributed by atoms with van der Waals surface area (Å²) in [6.07, 6.45) is 0.772. The lowest BCUT2D eigenvalue weighted by Gasteiger charge is -2.25. The van der Waals surface area contributed by atoms with Crippen LogP contribution < -0.4 is 10.0 Å². The van der Waals surface area contributed by atoms with Gasteiger partial charge in [0, 0.05) is 25.6 Å². The van der Waals surface area contributed by atoms with Crippen molar-refractivity contribution in [2.24, 2.45) is 5.92 Å². The van der Waals surface area contributed by atoms with Gasteiger partial charge >= 0.3 is 0 Å². The molecule has 0 radical (unpaired) electrons. The zero-order chi connectivity index (χ0) is 15.5. The van der Waals surface area contributed by atoms with Crippen LogP contribution in [0.15, 0.2) is 18.2 Å². The van der Waals surface area contributed by atoms with Gasteiger partial charge in [-0.25, -0.2) is 17.5 Å². The maximum atomic E-state index is 13.3. The highest BCUT2D eigenvalue weighted by molar-refractivity contribution is 7.88. The van der Waals surface area contributed by atoms with Crippen LogP contribution in [0, 0.1) is 11.7 Å². The highest BCUT2D eigenvalue weighted by Crippen LogP contribution is 2.29. The van der Waals surface area contributed by atoms with Gasteiger partial charge in [-0.3, -0.25) is 0 Å². The van der Waals surface area contributed by atoms with Crippen LogP contribution in [0.25, 0.3) is 0 Å². The van der Waals surface area contributed by atoms with Gasteiger partial charge in [0.2, 0.25) is 10.0 Å². The van der Waals surface area contributed by atoms with E-state index in [1.807, 2.05) is 0 Å². The molecule has 21 heavy (non-hydrogen) atoms. The first kappa shape index (κ1) is 16.6. The van der Waals surface area contributed by atoms with Crippen LogP contribution in [0.4, 0.5) is 4.39 Å². The molecule has 0 saturated carbocycles. The Morgan fingerprint density at radius 3 is 2.95 bits per heavy atom. The molecule has 5 nitrogen and oxygen atoms in total. The van der Waals surface area contributed by atoms with Crippen molar-refractivity contribution in [3.63, 3.8) is 0 Å². The molecule has 1 saturated heterocycles. The van der Waals surface area contributed by atoms with E-state index >= 15 is 0 Å². The minimum Gasteiger partial charge on any atom is -0.372 e. The number of rotatable bonds is 4. The average Bonchev–Trinajstić information content (AvgIpc) is 2.64. The van der Waals surface area contributed by atoms with Crippen LogP contribution in [0.1, 0.15) is 11.7 Å². The van der Waals surface area contributed by atoms with Crippen LogP contribution >= 0.6 is 11.6 Å². The van der Waals surface area contributed by atoms with Gasteiger partial charge in [-0.05, 0) is 17.7 Å². The fraction of sp³-hybridized carbons (Fsp3) is 0.538. The Kier molecular flexibility index (Phi) is 5.56. The first-order valence-electron chi connectivity index (χ1n) is 6.59. The Hall–Kier alpha value is -0.730. The summed E-state index contributed by atoms with van der Waals surface area (Å²) in [6, 6.07) is 4.44. The molecule has 1 aliphatic heterocycles. The molecule has 1 aromatic carbocycles. The standard InChI is InChI=1S/C13H18ClFN2O3S/c1-21(18,19)17-8-10-7-16-4-5-20-13(10)9-2-3-12(15)11(14)6-9/h2-3,6,10,13,16-17H,4-5,7-8H2,1H3/t10-,13?/m1/s1. The Morgan fingerprint density at radius 1 is 1.52 bits per heavy atom. The van der Waals surface area contributed by atoms with E-state index in [0.717, 1.165) is 11.8 Å². The summed E-state index contributed by atoms with van der Waals surface area (Å²) < 4.78 is 44.1. The fourth-order valence-electron chi connectivity index (χ4n) is 2.28. The van der Waals surface area contributed by atoms with E-state index in [2.05, 4.69) is 10.0 Å². The molecule has 0 aromatic heterocycles. The maximum Gasteiger partial charge on any atom is 0.208 e. The number of halogens is 2. The second-order valence-electron chi connectivity index (χ2n) is 5.05. The molecule has 118 valence electrons. The van der Waals surface area contributed by atoms with Crippen LogP contribution in [0.5, 0.6) is 0 Å². The van der Waals surface area contributed by atoms with Crippen LogP contribution in [0.3, 0.4) is 0 Å². The van der Waals surface area contributed by atoms with E-state index in [0.29, 0.717) is 19.7 Å². The number of hydrogen-bond donors (Lipinski definition) is 2. The van der Waals surface area contributed by atoms with Crippen LogP contribution in [-0.4, -0.2) is 40.9 Å². The van der Waals surface area contributed by atoms with Crippen molar-refractivity contribution in [1.29, 1.82) is 0 Å². The lowest BCUT2D eigenvalue weighted by atomic mass is 9.95. The molecule has 2 rings (SSSR count). The van der Waals surface area contributed by atoms with Crippen LogP contribution in [0.2, 0.25) is 5.02 Å². The number of hydrogen-bond acceptors (Lipinski definition) is 4. The molecule has 0 bridgehead atoms. The summed E-state index contributed by atoms with van der Waals surface area (Å²) in [5.74, 6) is -0.596. The van der Waals surface area contributed by atoms with E-state index in [1.54, 1.807) is 6.07 Å². The Bertz CT molecular complexity index is 597. The molecule has 0 amide bonds. The smallest absolute Gasteiger partial charge is 0.208 e. The van der Waals surface area contributed by atoms with Gasteiger partial charge in [-0.15, -0.1) is 0 Å². The maximum absolute atomic E-state index is 13.3. The van der Waals surface area contributed by atoms with Crippen molar-refractivity contribution in [2.45, 2.75) is 6.10 Å². The lowest BCUT2D eigenvalue weighted by Crippen LogP contribution is -2.36. The molecule has 1 fully saturated rings. The van der Waals surface area contributed by atoms with Gasteiger partial charge in [0.05, 0.1) is 24.0 Å². The molecule has 0 aliphatic carbocycles. The third-order valence-electron chi connectivity index (χ3n) is 3.29. The SMILES string of the molecule is CS(=O)(=O)NC[C@H]1CNCCOC1c1ccc(F)c(Cl)c1. The van der Waals surface area contributed by atoms with Crippen molar-refractivity contribution in [2.75, 3.05) is 32.5 Å². The van der Waals surface area contributed by atoms with Crippen molar-refractivity contribution in [3.05, 3.63) is 34.6 Å². The highest BCUT2D eigenvalue weighted by Gasteiger charge is 2.27. The quantitative estimate of drug-likeness (QED) is 0.870. The summed E-state index contributed by atoms with van der Waals surface area (Å²) in [5, 5.41) is 3.22. The summed E-state index contributed by atoms with van der Waals surface area (Å²) in [4.78, 5) is 0. The number of benzene rings is 1. The summed E-state index contributed by atoms with van der Waals surface area (Å²) in [7, 11) is -3.28. The van der Waals surface area contributed by atoms with Gasteiger partial charge in [-0.2, -0.15) is 0 Å². The van der Waals surface area contributed by atoms with Crippen LogP contribution in [-0.2, 0) is 14.8 Å². The normalized spacial score (nSPS) is 23.8. The van der Waals surface area contributed by atoms with Crippen molar-refractivity contribution >= 4 is 21.6 Å². The molecule has 1 aromatic rings. The third kappa shape index (κ3) is 4.89. The number of ether oxygens (including phenoxy) is 1. The van der Waals surface area contributed by atoms with Gasteiger partial charge in [0.1, 0.15) is 5.82 Å². The van der Waals surface area contributed by atoms with Gasteiger partial charge in [-0.1, -0.05) is 17.7 Å². The third-order valence-corrected chi connectivity index (χ3v) is 4.27. The highest BCUT2D eigenvalue weighted by atomic mass is 35.5. The molecular formula is C13H18ClFN2O3S. The van der Waals surface area contributed by atoms with Crippen molar-refractivity contribution < 1.29 is 17.5 Å². The Labute approximate surface area is 128 Å². The second-order valence-corrected chi connectivity index (χ2v) is 7.29. The van der Waals surface area contributed by atoms with E-state index in [1.165, 1.54) is 12.1 Å². The van der Waals surface area contributed by atoms with E-state index in [9.17, 15) is 12.8 Å². The zero-order valence-electron chi connectivity index (χ0n) is 11.6. The van der Waals surface area contributed by atoms with Crippen molar-refractivity contribution in [1.82, 2.24) is 10.0 Å². The molecule has 2 N–H and O–H groups in total. The van der Waals surface area contributed by atoms with E-state index < -0.39 is 15.8 Å². The summed E-state index contributed by atoms with van der Waals surface area (Å²) >= 11 is 5.81. The second kappa shape index (κ2) is 7.02. The van der Waals surface area contributed by atoms with Crippen molar-refractivity contribution in [3.8, 4) is 0 Å². The lowest BCUT2D eigenvalue weighted by molar-refractivity contribution is 0.0322. The first-order valence-corrected chi connectivity index (χ1v) is 8.85. The van der Waals surface area contributed by atoms with E-state index in [4.69, 9.17) is 16.3 Å². The van der Waals surface area contributed by atoms with E-state index in [-0.39, 0.29) is 23.6 Å². The average molecular weight is 337 g/mol. The molecule has 8 heteroatoms. The number of nitrogens with one attached hydrogen (secondary N) is 2. The van der Waals surface area contributed by atoms with Gasteiger partial charge < -0.3 is 10.1 Å². The first-order chi connectivity index (χ1) is 9.87. The minimum absolute atomic E-state index is 0.0307. The summed E-state index contributed by atoms with van der Waals surface area (Å²) in [5.41, 5.74) is 0.741. The predicted octanol–water partition coefficient (Wildman–Crippen LogP) is 1.31. The Balaban J connectivity index is 2.20. The summed E-state index contributed by atoms with van der Waals surface area (Å²) in [6.45, 7) is 2.02. The molecule has 2 atom stereocenters. The predicted molar refractivity (Wildman–Crippen MR) is 79.3 cm³/mol. The molecule has 1 aliphatic rings. The molecule has 0 spiro atoms. The fourth-order valence-corrected chi connectivity index (χ4v) is 2.99. The molecule has 1 unspecified atom stereocenters. The number of sulfonamides is 1. The largest absolute Gasteiger partial charge is 0.372 e. The van der Waals surface area contributed by atoms with Gasteiger partial charge in [0.15, 0.2) is 0 Å². The van der Waals surface area contributed by atoms with Gasteiger partial charge in [0.25, 0.3) is 0 Å². The molecule has 1 heterocycles.